The van der Waals surface area contributed by atoms with Crippen LogP contribution in [0.4, 0.5) is 0 Å². The number of benzene rings is 1. The zero-order chi connectivity index (χ0) is 14.8. The van der Waals surface area contributed by atoms with Crippen LogP contribution in [0.15, 0.2) is 70.8 Å². The van der Waals surface area contributed by atoms with Crippen molar-refractivity contribution in [1.82, 2.24) is 10.3 Å². The fourth-order valence-electron chi connectivity index (χ4n) is 3.56. The van der Waals surface area contributed by atoms with E-state index in [-0.39, 0.29) is 17.7 Å². The molecular formula is C18H10N2O2. The summed E-state index contributed by atoms with van der Waals surface area (Å²) in [6.45, 7) is 0. The number of nitrogens with one attached hydrogen (secondary N) is 1. The van der Waals surface area contributed by atoms with Gasteiger partial charge in [-0.3, -0.25) is 19.9 Å². The molecule has 1 aliphatic heterocycles. The number of carbonyl (C=O) groups is 2. The summed E-state index contributed by atoms with van der Waals surface area (Å²) in [5, 5.41) is 3.44. The van der Waals surface area contributed by atoms with Crippen LogP contribution >= 0.6 is 0 Å². The fraction of sp³-hybridized carbons (Fsp3) is 0.0556. The van der Waals surface area contributed by atoms with Crippen LogP contribution in [0.3, 0.4) is 0 Å². The summed E-state index contributed by atoms with van der Waals surface area (Å²) in [7, 11) is 0. The summed E-state index contributed by atoms with van der Waals surface area (Å²) >= 11 is 0. The predicted molar refractivity (Wildman–Crippen MR) is 80.8 cm³/mol. The summed E-state index contributed by atoms with van der Waals surface area (Å²) in [5.41, 5.74) is 4.63. The highest BCUT2D eigenvalue weighted by molar-refractivity contribution is 6.27. The van der Waals surface area contributed by atoms with Gasteiger partial charge in [0, 0.05) is 5.39 Å². The summed E-state index contributed by atoms with van der Waals surface area (Å²) in [4.78, 5) is 28.7. The smallest absolute Gasteiger partial charge is 0.259 e. The molecule has 2 aliphatic carbocycles. The number of pyridine rings is 1. The van der Waals surface area contributed by atoms with Crippen molar-refractivity contribution in [3.63, 3.8) is 0 Å². The molecule has 3 aliphatic rings. The Morgan fingerprint density at radius 1 is 0.864 bits per heavy atom. The maximum Gasteiger partial charge on any atom is 0.259 e. The molecule has 0 atom stereocenters. The van der Waals surface area contributed by atoms with Gasteiger partial charge in [-0.25, -0.2) is 0 Å². The van der Waals surface area contributed by atoms with Crippen LogP contribution in [0.1, 0.15) is 11.6 Å². The highest BCUT2D eigenvalue weighted by atomic mass is 16.2. The van der Waals surface area contributed by atoms with E-state index in [1.165, 1.54) is 0 Å². The van der Waals surface area contributed by atoms with Gasteiger partial charge in [0.05, 0.1) is 28.3 Å². The van der Waals surface area contributed by atoms with Crippen molar-refractivity contribution in [3.8, 4) is 0 Å². The standard InChI is InChI=1S/C18H10N2O2/c21-17-15-10-6-7-11(16(15)18(22)20-17)14(10)13-8-5-9-3-1-2-4-12(9)19-13/h1-8,14H,(H,20,21,22). The summed E-state index contributed by atoms with van der Waals surface area (Å²) in [6, 6.07) is 11.9. The van der Waals surface area contributed by atoms with Gasteiger partial charge in [0.25, 0.3) is 11.8 Å². The maximum atomic E-state index is 12.0. The van der Waals surface area contributed by atoms with Crippen LogP contribution < -0.4 is 5.32 Å². The Hall–Kier alpha value is -3.01. The number of rotatable bonds is 1. The molecule has 1 aromatic carbocycles. The SMILES string of the molecule is O=C1NC(=O)C2=C3C=CC(=C12)C3c1ccc2ccccc2n1. The van der Waals surface area contributed by atoms with Gasteiger partial charge in [0.2, 0.25) is 0 Å². The molecule has 1 N–H and O–H groups in total. The van der Waals surface area contributed by atoms with Gasteiger partial charge in [0.1, 0.15) is 0 Å². The molecular weight excluding hydrogens is 276 g/mol. The highest BCUT2D eigenvalue weighted by Crippen LogP contribution is 2.50. The molecule has 4 nitrogen and oxygen atoms in total. The second-order valence-corrected chi connectivity index (χ2v) is 5.64. The zero-order valence-electron chi connectivity index (χ0n) is 11.5. The predicted octanol–water partition coefficient (Wildman–Crippen LogP) is 2.15. The van der Waals surface area contributed by atoms with Gasteiger partial charge in [-0.05, 0) is 23.3 Å². The van der Waals surface area contributed by atoms with Gasteiger partial charge in [0.15, 0.2) is 0 Å². The molecule has 0 saturated carbocycles. The van der Waals surface area contributed by atoms with E-state index in [4.69, 9.17) is 4.98 Å². The van der Waals surface area contributed by atoms with E-state index in [1.807, 2.05) is 48.6 Å². The van der Waals surface area contributed by atoms with Crippen LogP contribution in [0, 0.1) is 0 Å². The van der Waals surface area contributed by atoms with Crippen LogP contribution in [0.25, 0.3) is 10.9 Å². The molecule has 5 rings (SSSR count). The molecule has 2 aromatic rings. The molecule has 0 spiro atoms. The molecule has 104 valence electrons. The van der Waals surface area contributed by atoms with E-state index in [0.717, 1.165) is 27.7 Å². The van der Waals surface area contributed by atoms with Gasteiger partial charge < -0.3 is 0 Å². The molecule has 1 saturated heterocycles. The Morgan fingerprint density at radius 2 is 1.55 bits per heavy atom. The zero-order valence-corrected chi connectivity index (χ0v) is 11.5. The largest absolute Gasteiger partial charge is 0.288 e. The number of nitrogens with zero attached hydrogens (tertiary/aromatic N) is 1. The average molecular weight is 286 g/mol. The van der Waals surface area contributed by atoms with E-state index in [2.05, 4.69) is 5.32 Å². The lowest BCUT2D eigenvalue weighted by atomic mass is 9.96. The topological polar surface area (TPSA) is 59.1 Å². The number of fused-ring (bicyclic) bond motifs is 4. The maximum absolute atomic E-state index is 12.0. The molecule has 1 aromatic heterocycles. The van der Waals surface area contributed by atoms with Crippen LogP contribution in [-0.4, -0.2) is 16.8 Å². The lowest BCUT2D eigenvalue weighted by Crippen LogP contribution is -2.21. The van der Waals surface area contributed by atoms with Crippen molar-refractivity contribution in [2.45, 2.75) is 5.92 Å². The summed E-state index contributed by atoms with van der Waals surface area (Å²) in [6.07, 6.45) is 3.85. The Morgan fingerprint density at radius 3 is 2.27 bits per heavy atom. The molecule has 2 heterocycles. The van der Waals surface area contributed by atoms with E-state index >= 15 is 0 Å². The number of carbonyl (C=O) groups excluding carboxylic acids is 2. The first-order valence-corrected chi connectivity index (χ1v) is 7.12. The minimum absolute atomic E-state index is 0.0930. The van der Waals surface area contributed by atoms with Crippen molar-refractivity contribution >= 4 is 22.7 Å². The van der Waals surface area contributed by atoms with Gasteiger partial charge in [-0.15, -0.1) is 0 Å². The van der Waals surface area contributed by atoms with E-state index in [0.29, 0.717) is 11.1 Å². The van der Waals surface area contributed by atoms with Gasteiger partial charge in [-0.1, -0.05) is 36.4 Å². The first-order valence-electron chi connectivity index (χ1n) is 7.12. The third-order valence-corrected chi connectivity index (χ3v) is 4.49. The molecule has 0 radical (unpaired) electrons. The van der Waals surface area contributed by atoms with Crippen molar-refractivity contribution in [2.24, 2.45) is 0 Å². The van der Waals surface area contributed by atoms with E-state index in [9.17, 15) is 9.59 Å². The minimum atomic E-state index is -0.292. The number of aromatic nitrogens is 1. The number of amides is 2. The van der Waals surface area contributed by atoms with Crippen molar-refractivity contribution in [3.05, 3.63) is 76.5 Å². The number of imide groups is 1. The highest BCUT2D eigenvalue weighted by Gasteiger charge is 2.46. The molecule has 2 amide bonds. The van der Waals surface area contributed by atoms with Gasteiger partial charge >= 0.3 is 0 Å². The second kappa shape index (κ2) is 3.80. The number of hydrogen-bond acceptors (Lipinski definition) is 3. The van der Waals surface area contributed by atoms with Crippen LogP contribution in [-0.2, 0) is 9.59 Å². The first-order chi connectivity index (χ1) is 10.7. The number of hydrogen-bond donors (Lipinski definition) is 1. The number of allylic oxidation sites excluding steroid dienone is 4. The summed E-state index contributed by atoms with van der Waals surface area (Å²) in [5.74, 6) is -0.676. The third kappa shape index (κ3) is 1.29. The Balaban J connectivity index is 1.73. The summed E-state index contributed by atoms with van der Waals surface area (Å²) < 4.78 is 0. The Bertz CT molecular complexity index is 955. The normalized spacial score (nSPS) is 19.6. The van der Waals surface area contributed by atoms with Crippen molar-refractivity contribution in [2.75, 3.05) is 0 Å². The molecule has 1 fully saturated rings. The molecule has 0 unspecified atom stereocenters. The van der Waals surface area contributed by atoms with Gasteiger partial charge in [-0.2, -0.15) is 0 Å². The first kappa shape index (κ1) is 11.6. The number of para-hydroxylation sites is 1. The Kier molecular flexibility index (Phi) is 2.01. The average Bonchev–Trinajstić information content (AvgIpc) is 3.18. The molecule has 4 heteroatoms. The monoisotopic (exact) mass is 286 g/mol. The van der Waals surface area contributed by atoms with Crippen LogP contribution in [0.2, 0.25) is 0 Å². The van der Waals surface area contributed by atoms with Crippen molar-refractivity contribution in [1.29, 1.82) is 0 Å². The van der Waals surface area contributed by atoms with Crippen molar-refractivity contribution < 1.29 is 9.59 Å². The quantitative estimate of drug-likeness (QED) is 0.817. The molecule has 22 heavy (non-hydrogen) atoms. The lowest BCUT2D eigenvalue weighted by molar-refractivity contribution is -0.123. The van der Waals surface area contributed by atoms with Crippen LogP contribution in [0.5, 0.6) is 0 Å². The van der Waals surface area contributed by atoms with E-state index in [1.54, 1.807) is 0 Å². The Labute approximate surface area is 125 Å². The van der Waals surface area contributed by atoms with E-state index < -0.39 is 0 Å². The third-order valence-electron chi connectivity index (χ3n) is 4.49. The lowest BCUT2D eigenvalue weighted by Gasteiger charge is -2.12. The molecule has 2 bridgehead atoms. The fourth-order valence-corrected chi connectivity index (χ4v) is 3.56. The minimum Gasteiger partial charge on any atom is -0.288 e. The second-order valence-electron chi connectivity index (χ2n) is 5.64.